The van der Waals surface area contributed by atoms with E-state index in [9.17, 15) is 5.11 Å². The number of phenols is 1. The zero-order chi connectivity index (χ0) is 19.8. The highest BCUT2D eigenvalue weighted by Crippen LogP contribution is 2.29. The highest BCUT2D eigenvalue weighted by atomic mass is 127. The van der Waals surface area contributed by atoms with E-state index in [-0.39, 0.29) is 29.7 Å². The van der Waals surface area contributed by atoms with Gasteiger partial charge in [-0.25, -0.2) is 0 Å². The second-order valence-electron chi connectivity index (χ2n) is 6.75. The largest absolute Gasteiger partial charge is 0.504 e. The minimum Gasteiger partial charge on any atom is -0.504 e. The lowest BCUT2D eigenvalue weighted by Crippen LogP contribution is -2.43. The lowest BCUT2D eigenvalue weighted by atomic mass is 10.00. The van der Waals surface area contributed by atoms with Gasteiger partial charge in [-0.2, -0.15) is 0 Å². The fraction of sp³-hybridized carbons (Fsp3) is 0.348. The molecule has 0 amide bonds. The summed E-state index contributed by atoms with van der Waals surface area (Å²) in [4.78, 5) is 7.06. The van der Waals surface area contributed by atoms with E-state index in [1.54, 1.807) is 13.2 Å². The van der Waals surface area contributed by atoms with Crippen LogP contribution in [0.25, 0.3) is 5.57 Å². The fourth-order valence-electron chi connectivity index (χ4n) is 3.42. The van der Waals surface area contributed by atoms with Crippen molar-refractivity contribution in [2.45, 2.75) is 19.8 Å². The SMILES string of the molecule is CCNC(=NCCc1cccc(OC)c1O)N1CC=C(c2ccccc2)CC1.I. The maximum atomic E-state index is 10.2. The standard InChI is InChI=1S/C23H29N3O2.HI/c1-3-24-23(25-15-12-20-10-7-11-21(28-2)22(20)27)26-16-13-19(14-17-26)18-8-5-4-6-9-18;/h4-11,13,27H,3,12,14-17H2,1-2H3,(H,24,25);1H. The van der Waals surface area contributed by atoms with Crippen LogP contribution >= 0.6 is 24.0 Å². The van der Waals surface area contributed by atoms with Gasteiger partial charge in [-0.1, -0.05) is 48.5 Å². The van der Waals surface area contributed by atoms with Crippen LogP contribution in [-0.4, -0.2) is 49.3 Å². The lowest BCUT2D eigenvalue weighted by Gasteiger charge is -2.30. The van der Waals surface area contributed by atoms with Crippen molar-refractivity contribution in [2.75, 3.05) is 33.3 Å². The van der Waals surface area contributed by atoms with Gasteiger partial charge in [-0.15, -0.1) is 24.0 Å². The molecule has 1 aliphatic rings. The summed E-state index contributed by atoms with van der Waals surface area (Å²) in [6.45, 7) is 5.31. The van der Waals surface area contributed by atoms with Gasteiger partial charge in [-0.3, -0.25) is 4.99 Å². The Morgan fingerprint density at radius 2 is 1.97 bits per heavy atom. The van der Waals surface area contributed by atoms with Gasteiger partial charge in [0, 0.05) is 26.2 Å². The highest BCUT2D eigenvalue weighted by molar-refractivity contribution is 14.0. The summed E-state index contributed by atoms with van der Waals surface area (Å²) < 4.78 is 5.18. The number of aliphatic imine (C=N–C) groups is 1. The molecular formula is C23H30IN3O2. The number of benzene rings is 2. The van der Waals surface area contributed by atoms with E-state index in [1.165, 1.54) is 11.1 Å². The number of halogens is 1. The number of nitrogens with zero attached hydrogens (tertiary/aromatic N) is 2. The molecule has 0 aliphatic carbocycles. The maximum absolute atomic E-state index is 10.2. The van der Waals surface area contributed by atoms with E-state index < -0.39 is 0 Å². The normalized spacial score (nSPS) is 14.1. The average Bonchev–Trinajstić information content (AvgIpc) is 2.75. The topological polar surface area (TPSA) is 57.1 Å². The minimum atomic E-state index is 0. The molecule has 0 bridgehead atoms. The van der Waals surface area contributed by atoms with Crippen LogP contribution in [0.1, 0.15) is 24.5 Å². The van der Waals surface area contributed by atoms with Crippen molar-refractivity contribution in [1.29, 1.82) is 0 Å². The summed E-state index contributed by atoms with van der Waals surface area (Å²) in [5.74, 6) is 1.63. The van der Waals surface area contributed by atoms with Crippen LogP contribution in [-0.2, 0) is 6.42 Å². The smallest absolute Gasteiger partial charge is 0.194 e. The molecule has 0 fully saturated rings. The third-order valence-electron chi connectivity index (χ3n) is 4.93. The molecule has 1 heterocycles. The lowest BCUT2D eigenvalue weighted by molar-refractivity contribution is 0.370. The minimum absolute atomic E-state index is 0. The number of phenolic OH excluding ortho intramolecular Hbond substituents is 1. The van der Waals surface area contributed by atoms with Crippen molar-refractivity contribution in [3.05, 3.63) is 65.7 Å². The first-order chi connectivity index (χ1) is 13.7. The van der Waals surface area contributed by atoms with Crippen LogP contribution in [0.5, 0.6) is 11.5 Å². The number of ether oxygens (including phenoxy) is 1. The molecule has 5 nitrogen and oxygen atoms in total. The predicted octanol–water partition coefficient (Wildman–Crippen LogP) is 4.32. The van der Waals surface area contributed by atoms with Gasteiger partial charge in [0.25, 0.3) is 0 Å². The number of hydrogen-bond acceptors (Lipinski definition) is 3. The second-order valence-corrected chi connectivity index (χ2v) is 6.75. The van der Waals surface area contributed by atoms with Crippen LogP contribution in [0.15, 0.2) is 59.6 Å². The molecule has 0 radical (unpaired) electrons. The van der Waals surface area contributed by atoms with Crippen LogP contribution < -0.4 is 10.1 Å². The summed E-state index contributed by atoms with van der Waals surface area (Å²) in [6.07, 6.45) is 3.96. The first-order valence-corrected chi connectivity index (χ1v) is 9.85. The van der Waals surface area contributed by atoms with Gasteiger partial charge in [0.05, 0.1) is 7.11 Å². The third kappa shape index (κ3) is 6.13. The molecule has 2 N–H and O–H groups in total. The van der Waals surface area contributed by atoms with E-state index in [2.05, 4.69) is 53.5 Å². The zero-order valence-electron chi connectivity index (χ0n) is 17.1. The molecule has 0 unspecified atom stereocenters. The molecule has 2 aromatic carbocycles. The molecule has 0 aromatic heterocycles. The number of methoxy groups -OCH3 is 1. The van der Waals surface area contributed by atoms with E-state index in [0.717, 1.165) is 37.6 Å². The number of aromatic hydroxyl groups is 1. The van der Waals surface area contributed by atoms with Crippen LogP contribution in [0.2, 0.25) is 0 Å². The Balaban J connectivity index is 0.00000300. The van der Waals surface area contributed by atoms with Gasteiger partial charge in [0.2, 0.25) is 0 Å². The summed E-state index contributed by atoms with van der Waals surface area (Å²) in [6, 6.07) is 16.1. The molecule has 1 aliphatic heterocycles. The number of guanidine groups is 1. The van der Waals surface area contributed by atoms with Crippen LogP contribution in [0, 0.1) is 0 Å². The first kappa shape index (κ1) is 23.1. The summed E-state index contributed by atoms with van der Waals surface area (Å²) in [5, 5.41) is 13.6. The molecule has 0 spiro atoms. The number of hydrogen-bond donors (Lipinski definition) is 2. The Hall–Kier alpha value is -2.22. The van der Waals surface area contributed by atoms with E-state index in [1.807, 2.05) is 12.1 Å². The van der Waals surface area contributed by atoms with Crippen molar-refractivity contribution in [2.24, 2.45) is 4.99 Å². The quantitative estimate of drug-likeness (QED) is 0.348. The number of para-hydroxylation sites is 1. The number of nitrogens with one attached hydrogen (secondary N) is 1. The Bertz CT molecular complexity index is 837. The van der Waals surface area contributed by atoms with Crippen molar-refractivity contribution < 1.29 is 9.84 Å². The van der Waals surface area contributed by atoms with Gasteiger partial charge in [0.15, 0.2) is 17.5 Å². The molecule has 3 rings (SSSR count). The zero-order valence-corrected chi connectivity index (χ0v) is 19.4. The molecule has 156 valence electrons. The summed E-state index contributed by atoms with van der Waals surface area (Å²) >= 11 is 0. The van der Waals surface area contributed by atoms with Crippen molar-refractivity contribution in [3.63, 3.8) is 0 Å². The van der Waals surface area contributed by atoms with Crippen molar-refractivity contribution in [1.82, 2.24) is 10.2 Å². The fourth-order valence-corrected chi connectivity index (χ4v) is 3.42. The Labute approximate surface area is 190 Å². The molecule has 0 saturated heterocycles. The summed E-state index contributed by atoms with van der Waals surface area (Å²) in [7, 11) is 1.56. The Kier molecular flexibility index (Phi) is 9.31. The van der Waals surface area contributed by atoms with Crippen LogP contribution in [0.3, 0.4) is 0 Å². The monoisotopic (exact) mass is 507 g/mol. The van der Waals surface area contributed by atoms with Crippen molar-refractivity contribution in [3.8, 4) is 11.5 Å². The summed E-state index contributed by atoms with van der Waals surface area (Å²) in [5.41, 5.74) is 3.55. The highest BCUT2D eigenvalue weighted by Gasteiger charge is 2.16. The molecule has 6 heteroatoms. The Morgan fingerprint density at radius 3 is 2.62 bits per heavy atom. The maximum Gasteiger partial charge on any atom is 0.194 e. The predicted molar refractivity (Wildman–Crippen MR) is 130 cm³/mol. The van der Waals surface area contributed by atoms with E-state index in [0.29, 0.717) is 18.7 Å². The van der Waals surface area contributed by atoms with Gasteiger partial charge >= 0.3 is 0 Å². The molecule has 29 heavy (non-hydrogen) atoms. The molecule has 2 aromatic rings. The Morgan fingerprint density at radius 1 is 1.17 bits per heavy atom. The molecular weight excluding hydrogens is 477 g/mol. The van der Waals surface area contributed by atoms with Gasteiger partial charge in [-0.05, 0) is 42.5 Å². The number of rotatable bonds is 6. The molecule has 0 saturated carbocycles. The molecule has 0 atom stereocenters. The first-order valence-electron chi connectivity index (χ1n) is 9.85. The van der Waals surface area contributed by atoms with E-state index >= 15 is 0 Å². The van der Waals surface area contributed by atoms with Crippen molar-refractivity contribution >= 4 is 35.5 Å². The van der Waals surface area contributed by atoms with Gasteiger partial charge < -0.3 is 20.1 Å². The van der Waals surface area contributed by atoms with E-state index in [4.69, 9.17) is 9.73 Å². The van der Waals surface area contributed by atoms with Gasteiger partial charge in [0.1, 0.15) is 0 Å². The van der Waals surface area contributed by atoms with Crippen LogP contribution in [0.4, 0.5) is 0 Å². The average molecular weight is 507 g/mol. The third-order valence-corrected chi connectivity index (χ3v) is 4.93. The second kappa shape index (κ2) is 11.7.